The Morgan fingerprint density at radius 1 is 1.23 bits per heavy atom. The van der Waals surface area contributed by atoms with Crippen LogP contribution in [0.2, 0.25) is 0 Å². The van der Waals surface area contributed by atoms with Crippen LogP contribution in [-0.4, -0.2) is 47.8 Å². The molecule has 0 bridgehead atoms. The number of fused-ring (bicyclic) bond motifs is 1. The monoisotopic (exact) mass is 414 g/mol. The van der Waals surface area contributed by atoms with Gasteiger partial charge in [-0.25, -0.2) is 0 Å². The van der Waals surface area contributed by atoms with Crippen molar-refractivity contribution in [3.8, 4) is 0 Å². The normalized spacial score (nSPS) is 24.3. The minimum atomic E-state index is -0.683. The Labute approximate surface area is 178 Å². The lowest BCUT2D eigenvalue weighted by Gasteiger charge is -2.32. The highest BCUT2D eigenvalue weighted by atomic mass is 16.2. The van der Waals surface area contributed by atoms with Crippen molar-refractivity contribution >= 4 is 17.7 Å². The Hall–Kier alpha value is -2.41. The van der Waals surface area contributed by atoms with Gasteiger partial charge in [-0.1, -0.05) is 45.0 Å². The van der Waals surface area contributed by atoms with Gasteiger partial charge < -0.3 is 21.3 Å². The maximum Gasteiger partial charge on any atom is 0.246 e. The molecule has 1 heterocycles. The Bertz CT molecular complexity index is 794. The first kappa shape index (κ1) is 22.3. The molecule has 1 aliphatic carbocycles. The number of hydrogen-bond acceptors (Lipinski definition) is 4. The van der Waals surface area contributed by atoms with Crippen LogP contribution in [0.25, 0.3) is 0 Å². The number of benzene rings is 1. The first-order valence-electron chi connectivity index (χ1n) is 11.0. The van der Waals surface area contributed by atoms with Crippen LogP contribution < -0.4 is 16.4 Å². The second-order valence-corrected chi connectivity index (χ2v) is 8.99. The maximum atomic E-state index is 13.3. The lowest BCUT2D eigenvalue weighted by atomic mass is 9.87. The molecule has 1 saturated heterocycles. The first-order chi connectivity index (χ1) is 14.3. The second kappa shape index (κ2) is 9.60. The lowest BCUT2D eigenvalue weighted by molar-refractivity contribution is -0.142. The quantitative estimate of drug-likeness (QED) is 0.656. The average molecular weight is 415 g/mol. The Morgan fingerprint density at radius 3 is 2.67 bits per heavy atom. The van der Waals surface area contributed by atoms with Gasteiger partial charge in [0.1, 0.15) is 12.1 Å². The molecule has 0 radical (unpaired) electrons. The van der Waals surface area contributed by atoms with E-state index in [4.69, 9.17) is 5.73 Å². The van der Waals surface area contributed by atoms with Crippen molar-refractivity contribution in [2.45, 2.75) is 64.6 Å². The summed E-state index contributed by atoms with van der Waals surface area (Å²) in [5.74, 6) is -0.560. The zero-order valence-corrected chi connectivity index (χ0v) is 18.2. The number of nitrogens with one attached hydrogen (secondary N) is 2. The van der Waals surface area contributed by atoms with Crippen molar-refractivity contribution in [3.63, 3.8) is 0 Å². The van der Waals surface area contributed by atoms with E-state index in [1.54, 1.807) is 4.90 Å². The van der Waals surface area contributed by atoms with Gasteiger partial charge in [0.25, 0.3) is 0 Å². The third-order valence-electron chi connectivity index (χ3n) is 6.22. The van der Waals surface area contributed by atoms with Crippen LogP contribution in [0.3, 0.4) is 0 Å². The SMILES string of the molecule is CC1CC(C(=O)NC2CCCc3ccccc32)N(C(=O)C(NC(=O)CN)C(C)C)C1. The molecule has 1 aromatic rings. The van der Waals surface area contributed by atoms with E-state index in [-0.39, 0.29) is 42.1 Å². The number of carbonyl (C=O) groups excluding carboxylic acids is 3. The Balaban J connectivity index is 1.75. The van der Waals surface area contributed by atoms with E-state index >= 15 is 0 Å². The molecule has 1 fully saturated rings. The number of carbonyl (C=O) groups is 3. The molecular weight excluding hydrogens is 380 g/mol. The minimum Gasteiger partial charge on any atom is -0.347 e. The van der Waals surface area contributed by atoms with Crippen LogP contribution in [0.4, 0.5) is 0 Å². The van der Waals surface area contributed by atoms with Crippen LogP contribution in [-0.2, 0) is 20.8 Å². The van der Waals surface area contributed by atoms with E-state index in [0.29, 0.717) is 13.0 Å². The number of hydrogen-bond donors (Lipinski definition) is 3. The fraction of sp³-hybridized carbons (Fsp3) is 0.609. The third-order valence-corrected chi connectivity index (χ3v) is 6.22. The molecule has 1 aromatic carbocycles. The van der Waals surface area contributed by atoms with E-state index in [1.165, 1.54) is 11.1 Å². The van der Waals surface area contributed by atoms with Crippen molar-refractivity contribution in [2.75, 3.05) is 13.1 Å². The number of nitrogens with zero attached hydrogens (tertiary/aromatic N) is 1. The molecule has 3 amide bonds. The van der Waals surface area contributed by atoms with Crippen LogP contribution in [0.15, 0.2) is 24.3 Å². The second-order valence-electron chi connectivity index (χ2n) is 8.99. The molecule has 7 heteroatoms. The first-order valence-corrected chi connectivity index (χ1v) is 11.0. The molecule has 0 spiro atoms. The summed E-state index contributed by atoms with van der Waals surface area (Å²) in [4.78, 5) is 40.0. The van der Waals surface area contributed by atoms with Crippen LogP contribution in [0, 0.1) is 11.8 Å². The summed E-state index contributed by atoms with van der Waals surface area (Å²) < 4.78 is 0. The molecule has 1 aliphatic heterocycles. The third kappa shape index (κ3) is 4.83. The molecule has 7 nitrogen and oxygen atoms in total. The highest BCUT2D eigenvalue weighted by Crippen LogP contribution is 2.31. The number of aryl methyl sites for hydroxylation is 1. The number of likely N-dealkylation sites (tertiary alicyclic amines) is 1. The van der Waals surface area contributed by atoms with Gasteiger partial charge in [0.05, 0.1) is 12.6 Å². The number of amides is 3. The van der Waals surface area contributed by atoms with Gasteiger partial charge >= 0.3 is 0 Å². The zero-order valence-electron chi connectivity index (χ0n) is 18.2. The summed E-state index contributed by atoms with van der Waals surface area (Å²) in [7, 11) is 0. The van der Waals surface area contributed by atoms with Crippen molar-refractivity contribution < 1.29 is 14.4 Å². The largest absolute Gasteiger partial charge is 0.347 e. The van der Waals surface area contributed by atoms with Gasteiger partial charge in [-0.05, 0) is 48.6 Å². The van der Waals surface area contributed by atoms with E-state index in [9.17, 15) is 14.4 Å². The molecule has 4 unspecified atom stereocenters. The molecule has 2 aliphatic rings. The van der Waals surface area contributed by atoms with Gasteiger partial charge in [-0.3, -0.25) is 14.4 Å². The highest BCUT2D eigenvalue weighted by Gasteiger charge is 2.41. The number of rotatable bonds is 6. The standard InChI is InChI=1S/C23H34N4O3/c1-14(2)21(26-20(28)12-24)23(30)27-13-15(3)11-19(27)22(29)25-18-10-6-8-16-7-4-5-9-17(16)18/h4-5,7,9,14-15,18-19,21H,6,8,10-13,24H2,1-3H3,(H,25,29)(H,26,28). The molecule has 4 N–H and O–H groups in total. The molecular formula is C23H34N4O3. The molecule has 164 valence electrons. The molecule has 0 saturated carbocycles. The van der Waals surface area contributed by atoms with E-state index in [2.05, 4.69) is 22.8 Å². The molecule has 0 aromatic heterocycles. The van der Waals surface area contributed by atoms with Crippen molar-refractivity contribution in [3.05, 3.63) is 35.4 Å². The van der Waals surface area contributed by atoms with Gasteiger partial charge in [-0.15, -0.1) is 0 Å². The summed E-state index contributed by atoms with van der Waals surface area (Å²) in [5.41, 5.74) is 7.87. The predicted molar refractivity (Wildman–Crippen MR) is 115 cm³/mol. The topological polar surface area (TPSA) is 105 Å². The molecule has 4 atom stereocenters. The van der Waals surface area contributed by atoms with Gasteiger partial charge in [0.2, 0.25) is 17.7 Å². The van der Waals surface area contributed by atoms with Gasteiger partial charge in [0, 0.05) is 6.54 Å². The summed E-state index contributed by atoms with van der Waals surface area (Å²) in [5, 5.41) is 5.93. The summed E-state index contributed by atoms with van der Waals surface area (Å²) in [6.07, 6.45) is 3.60. The summed E-state index contributed by atoms with van der Waals surface area (Å²) >= 11 is 0. The lowest BCUT2D eigenvalue weighted by Crippen LogP contribution is -2.56. The average Bonchev–Trinajstić information content (AvgIpc) is 3.13. The molecule has 30 heavy (non-hydrogen) atoms. The van der Waals surface area contributed by atoms with Crippen molar-refractivity contribution in [2.24, 2.45) is 17.6 Å². The van der Waals surface area contributed by atoms with Crippen LogP contribution in [0.5, 0.6) is 0 Å². The minimum absolute atomic E-state index is 0.0202. The summed E-state index contributed by atoms with van der Waals surface area (Å²) in [6, 6.07) is 7.02. The van der Waals surface area contributed by atoms with E-state index < -0.39 is 12.1 Å². The van der Waals surface area contributed by atoms with Crippen molar-refractivity contribution in [1.82, 2.24) is 15.5 Å². The van der Waals surface area contributed by atoms with E-state index in [1.807, 2.05) is 32.9 Å². The van der Waals surface area contributed by atoms with Gasteiger partial charge in [0.15, 0.2) is 0 Å². The van der Waals surface area contributed by atoms with Gasteiger partial charge in [-0.2, -0.15) is 0 Å². The maximum absolute atomic E-state index is 13.3. The zero-order chi connectivity index (χ0) is 21.8. The van der Waals surface area contributed by atoms with E-state index in [0.717, 1.165) is 19.3 Å². The van der Waals surface area contributed by atoms with Crippen LogP contribution in [0.1, 0.15) is 57.2 Å². The predicted octanol–water partition coefficient (Wildman–Crippen LogP) is 1.52. The molecule has 3 rings (SSSR count). The fourth-order valence-electron chi connectivity index (χ4n) is 4.63. The smallest absolute Gasteiger partial charge is 0.246 e. The number of nitrogens with two attached hydrogens (primary N) is 1. The Kier molecular flexibility index (Phi) is 7.13. The highest BCUT2D eigenvalue weighted by molar-refractivity contribution is 5.93. The summed E-state index contributed by atoms with van der Waals surface area (Å²) in [6.45, 7) is 6.16. The fourth-order valence-corrected chi connectivity index (χ4v) is 4.63. The van der Waals surface area contributed by atoms with Crippen LogP contribution >= 0.6 is 0 Å². The Morgan fingerprint density at radius 2 is 1.97 bits per heavy atom. The van der Waals surface area contributed by atoms with Crippen molar-refractivity contribution in [1.29, 1.82) is 0 Å².